The highest BCUT2D eigenvalue weighted by atomic mass is 16.7. The summed E-state index contributed by atoms with van der Waals surface area (Å²) in [7, 11) is 4.66. The number of nitrogens with zero attached hydrogens (tertiary/aromatic N) is 1. The Hall–Kier alpha value is -1.59. The monoisotopic (exact) mass is 295 g/mol. The molecule has 0 aliphatic rings. The summed E-state index contributed by atoms with van der Waals surface area (Å²) < 4.78 is 10.6. The highest BCUT2D eigenvalue weighted by Crippen LogP contribution is 2.28. The van der Waals surface area contributed by atoms with E-state index in [2.05, 4.69) is 20.8 Å². The highest BCUT2D eigenvalue weighted by molar-refractivity contribution is 5.94. The zero-order chi connectivity index (χ0) is 16.0. The molecular weight excluding hydrogens is 270 g/mol. The van der Waals surface area contributed by atoms with Gasteiger partial charge >= 0.3 is 0 Å². The van der Waals surface area contributed by atoms with Gasteiger partial charge in [-0.05, 0) is 29.2 Å². The van der Waals surface area contributed by atoms with Crippen LogP contribution < -0.4 is 4.74 Å². The summed E-state index contributed by atoms with van der Waals surface area (Å²) in [4.78, 5) is 17.2. The van der Waals surface area contributed by atoms with E-state index in [-0.39, 0.29) is 11.3 Å². The first-order valence-corrected chi connectivity index (χ1v) is 6.89. The van der Waals surface area contributed by atoms with Crippen molar-refractivity contribution in [3.05, 3.63) is 29.3 Å². The fraction of sp³-hybridized carbons (Fsp3) is 0.562. The predicted octanol–water partition coefficient (Wildman–Crippen LogP) is 2.64. The Kier molecular flexibility index (Phi) is 6.18. The lowest BCUT2D eigenvalue weighted by atomic mass is 9.86. The van der Waals surface area contributed by atoms with Gasteiger partial charge in [-0.3, -0.25) is 9.63 Å². The lowest BCUT2D eigenvalue weighted by molar-refractivity contribution is -0.0757. The van der Waals surface area contributed by atoms with Gasteiger partial charge in [0, 0.05) is 19.7 Å². The van der Waals surface area contributed by atoms with Crippen molar-refractivity contribution in [2.75, 3.05) is 34.5 Å². The molecule has 0 aliphatic carbocycles. The van der Waals surface area contributed by atoms with Crippen molar-refractivity contribution in [3.8, 4) is 5.75 Å². The fourth-order valence-electron chi connectivity index (χ4n) is 1.75. The fourth-order valence-corrected chi connectivity index (χ4v) is 1.75. The highest BCUT2D eigenvalue weighted by Gasteiger charge is 2.19. The zero-order valence-corrected chi connectivity index (χ0v) is 13.7. The van der Waals surface area contributed by atoms with E-state index in [4.69, 9.17) is 14.3 Å². The van der Waals surface area contributed by atoms with Crippen LogP contribution in [0.5, 0.6) is 5.75 Å². The van der Waals surface area contributed by atoms with Gasteiger partial charge < -0.3 is 9.47 Å². The third kappa shape index (κ3) is 5.02. The van der Waals surface area contributed by atoms with Gasteiger partial charge in [-0.25, -0.2) is 5.06 Å². The maximum atomic E-state index is 12.3. The van der Waals surface area contributed by atoms with E-state index in [0.29, 0.717) is 24.5 Å². The Balaban J connectivity index is 3.12. The lowest BCUT2D eigenvalue weighted by Crippen LogP contribution is -2.26. The quantitative estimate of drug-likeness (QED) is 0.598. The molecule has 0 aromatic heterocycles. The normalized spacial score (nSPS) is 11.3. The van der Waals surface area contributed by atoms with Crippen molar-refractivity contribution < 1.29 is 19.1 Å². The van der Waals surface area contributed by atoms with Crippen LogP contribution in [0.4, 0.5) is 0 Å². The average Bonchev–Trinajstić information content (AvgIpc) is 2.44. The van der Waals surface area contributed by atoms with Gasteiger partial charge in [0.1, 0.15) is 12.4 Å². The number of methoxy groups -OCH3 is 1. The Morgan fingerprint density at radius 3 is 2.33 bits per heavy atom. The summed E-state index contributed by atoms with van der Waals surface area (Å²) in [5, 5.41) is 1.20. The molecular formula is C16H25NO4. The van der Waals surface area contributed by atoms with Crippen LogP contribution in [0.15, 0.2) is 18.2 Å². The minimum Gasteiger partial charge on any atom is -0.491 e. The largest absolute Gasteiger partial charge is 0.491 e. The molecule has 0 radical (unpaired) electrons. The molecule has 0 unspecified atom stereocenters. The van der Waals surface area contributed by atoms with Gasteiger partial charge in [0.25, 0.3) is 5.91 Å². The summed E-state index contributed by atoms with van der Waals surface area (Å²) in [6.07, 6.45) is 0. The van der Waals surface area contributed by atoms with Crippen molar-refractivity contribution >= 4 is 5.91 Å². The van der Waals surface area contributed by atoms with E-state index in [0.717, 1.165) is 5.56 Å². The third-order valence-corrected chi connectivity index (χ3v) is 3.14. The van der Waals surface area contributed by atoms with Crippen LogP contribution >= 0.6 is 0 Å². The summed E-state index contributed by atoms with van der Waals surface area (Å²) in [5.41, 5.74) is 1.49. The molecule has 1 aromatic rings. The second-order valence-corrected chi connectivity index (χ2v) is 5.82. The van der Waals surface area contributed by atoms with E-state index < -0.39 is 0 Å². The van der Waals surface area contributed by atoms with Gasteiger partial charge in [-0.2, -0.15) is 0 Å². The minimum atomic E-state index is -0.208. The van der Waals surface area contributed by atoms with Crippen molar-refractivity contribution in [2.24, 2.45) is 0 Å². The topological polar surface area (TPSA) is 48.0 Å². The van der Waals surface area contributed by atoms with E-state index in [1.54, 1.807) is 20.2 Å². The van der Waals surface area contributed by atoms with Gasteiger partial charge in [-0.15, -0.1) is 0 Å². The molecule has 0 aliphatic heterocycles. The van der Waals surface area contributed by atoms with E-state index in [1.165, 1.54) is 12.2 Å². The van der Waals surface area contributed by atoms with E-state index >= 15 is 0 Å². The second-order valence-electron chi connectivity index (χ2n) is 5.82. The van der Waals surface area contributed by atoms with Gasteiger partial charge in [0.15, 0.2) is 0 Å². The Morgan fingerprint density at radius 2 is 1.81 bits per heavy atom. The van der Waals surface area contributed by atoms with Crippen molar-refractivity contribution in [1.82, 2.24) is 5.06 Å². The number of hydroxylamine groups is 2. The molecule has 5 heteroatoms. The van der Waals surface area contributed by atoms with Crippen LogP contribution in [-0.4, -0.2) is 45.5 Å². The lowest BCUT2D eigenvalue weighted by Gasteiger charge is -2.22. The Bertz CT molecular complexity index is 480. The van der Waals surface area contributed by atoms with Crippen LogP contribution in [0.1, 0.15) is 36.7 Å². The number of hydrogen-bond donors (Lipinski definition) is 0. The van der Waals surface area contributed by atoms with E-state index in [9.17, 15) is 4.79 Å². The molecule has 0 spiro atoms. The number of rotatable bonds is 6. The van der Waals surface area contributed by atoms with Gasteiger partial charge in [-0.1, -0.05) is 20.8 Å². The molecule has 1 aromatic carbocycles. The molecule has 0 saturated carbocycles. The minimum absolute atomic E-state index is 0.0820. The standard InChI is InChI=1S/C16H25NO4/c1-16(2,3)13-9-12(15(18)17(4)20-6)10-14(11-13)21-8-7-19-5/h9-11H,7-8H2,1-6H3. The molecule has 0 heterocycles. The van der Waals surface area contributed by atoms with Crippen LogP contribution in [0.3, 0.4) is 0 Å². The molecule has 0 saturated heterocycles. The molecule has 118 valence electrons. The first-order chi connectivity index (χ1) is 9.79. The molecule has 21 heavy (non-hydrogen) atoms. The summed E-state index contributed by atoms with van der Waals surface area (Å²) >= 11 is 0. The number of carbonyl (C=O) groups is 1. The maximum Gasteiger partial charge on any atom is 0.277 e. The summed E-state index contributed by atoms with van der Waals surface area (Å²) in [6.45, 7) is 7.22. The smallest absolute Gasteiger partial charge is 0.277 e. The van der Waals surface area contributed by atoms with E-state index in [1.807, 2.05) is 12.1 Å². The number of benzene rings is 1. The van der Waals surface area contributed by atoms with Gasteiger partial charge in [0.05, 0.1) is 13.7 Å². The number of hydrogen-bond acceptors (Lipinski definition) is 4. The molecule has 1 amide bonds. The molecule has 0 atom stereocenters. The van der Waals surface area contributed by atoms with Crippen LogP contribution in [0, 0.1) is 0 Å². The first-order valence-electron chi connectivity index (χ1n) is 6.89. The molecule has 1 rings (SSSR count). The van der Waals surface area contributed by atoms with Crippen LogP contribution in [0.25, 0.3) is 0 Å². The summed E-state index contributed by atoms with van der Waals surface area (Å²) in [5.74, 6) is 0.451. The molecule has 0 fully saturated rings. The number of carbonyl (C=O) groups excluding carboxylic acids is 1. The zero-order valence-electron chi connectivity index (χ0n) is 13.7. The Morgan fingerprint density at radius 1 is 1.14 bits per heavy atom. The second kappa shape index (κ2) is 7.43. The van der Waals surface area contributed by atoms with Crippen molar-refractivity contribution in [1.29, 1.82) is 0 Å². The molecule has 0 bridgehead atoms. The molecule has 5 nitrogen and oxygen atoms in total. The maximum absolute atomic E-state index is 12.3. The number of amides is 1. The average molecular weight is 295 g/mol. The SMILES string of the molecule is COCCOc1cc(C(=O)N(C)OC)cc(C(C)(C)C)c1. The predicted molar refractivity (Wildman–Crippen MR) is 81.6 cm³/mol. The molecule has 0 N–H and O–H groups in total. The summed E-state index contributed by atoms with van der Waals surface area (Å²) in [6, 6.07) is 5.56. The first kappa shape index (κ1) is 17.5. The van der Waals surface area contributed by atoms with Gasteiger partial charge in [0.2, 0.25) is 0 Å². The van der Waals surface area contributed by atoms with Crippen molar-refractivity contribution in [3.63, 3.8) is 0 Å². The Labute approximate surface area is 126 Å². The third-order valence-electron chi connectivity index (χ3n) is 3.14. The van der Waals surface area contributed by atoms with Crippen LogP contribution in [-0.2, 0) is 15.0 Å². The van der Waals surface area contributed by atoms with Crippen molar-refractivity contribution in [2.45, 2.75) is 26.2 Å². The van der Waals surface area contributed by atoms with Crippen LogP contribution in [0.2, 0.25) is 0 Å². The number of ether oxygens (including phenoxy) is 2.